The molecule has 0 radical (unpaired) electrons. The summed E-state index contributed by atoms with van der Waals surface area (Å²) in [5.41, 5.74) is -0.113. The number of rotatable bonds is 5. The lowest BCUT2D eigenvalue weighted by Crippen LogP contribution is -2.36. The fourth-order valence-corrected chi connectivity index (χ4v) is 2.22. The summed E-state index contributed by atoms with van der Waals surface area (Å²) in [6.45, 7) is 1.13. The van der Waals surface area contributed by atoms with E-state index < -0.39 is 17.4 Å². The summed E-state index contributed by atoms with van der Waals surface area (Å²) < 4.78 is 5.14. The second-order valence-electron chi connectivity index (χ2n) is 4.84. The van der Waals surface area contributed by atoms with Gasteiger partial charge in [-0.1, -0.05) is 30.3 Å². The number of esters is 1. The van der Waals surface area contributed by atoms with Crippen LogP contribution >= 0.6 is 12.4 Å². The molecule has 0 amide bonds. The van der Waals surface area contributed by atoms with E-state index in [9.17, 15) is 14.7 Å². The minimum absolute atomic E-state index is 0. The molecule has 0 aliphatic carbocycles. The normalized spacial score (nSPS) is 21.0. The number of carboxylic acid groups (broad SMARTS) is 1. The zero-order chi connectivity index (χ0) is 13.7. The van der Waals surface area contributed by atoms with Crippen LogP contribution in [0.2, 0.25) is 0 Å². The molecule has 20 heavy (non-hydrogen) atoms. The third-order valence-electron chi connectivity index (χ3n) is 3.42. The molecule has 2 rings (SSSR count). The fraction of sp³-hybridized carbons (Fsp3) is 0.429. The Labute approximate surface area is 123 Å². The highest BCUT2D eigenvalue weighted by atomic mass is 35.5. The van der Waals surface area contributed by atoms with Crippen LogP contribution in [0, 0.1) is 5.41 Å². The molecule has 5 nitrogen and oxygen atoms in total. The van der Waals surface area contributed by atoms with Gasteiger partial charge in [-0.2, -0.15) is 0 Å². The van der Waals surface area contributed by atoms with Crippen molar-refractivity contribution in [2.24, 2.45) is 5.41 Å². The summed E-state index contributed by atoms with van der Waals surface area (Å²) >= 11 is 0. The number of hydrogen-bond acceptors (Lipinski definition) is 4. The molecule has 0 bridgehead atoms. The number of nitrogens with one attached hydrogen (secondary N) is 1. The highest BCUT2D eigenvalue weighted by Crippen LogP contribution is 2.30. The van der Waals surface area contributed by atoms with Crippen LogP contribution in [0.4, 0.5) is 0 Å². The van der Waals surface area contributed by atoms with Crippen molar-refractivity contribution in [2.45, 2.75) is 19.4 Å². The summed E-state index contributed by atoms with van der Waals surface area (Å²) in [5.74, 6) is -1.40. The maximum Gasteiger partial charge on any atom is 0.311 e. The third-order valence-corrected chi connectivity index (χ3v) is 3.42. The van der Waals surface area contributed by atoms with E-state index in [-0.39, 0.29) is 25.4 Å². The van der Waals surface area contributed by atoms with Crippen molar-refractivity contribution in [1.82, 2.24) is 5.32 Å². The SMILES string of the molecule is Cl.O=C(CC1(C(=O)O)CCNC1)OCc1ccccc1. The Morgan fingerprint density at radius 3 is 2.55 bits per heavy atom. The van der Waals surface area contributed by atoms with Gasteiger partial charge in [0.25, 0.3) is 0 Å². The van der Waals surface area contributed by atoms with Gasteiger partial charge in [-0.15, -0.1) is 12.4 Å². The fourth-order valence-electron chi connectivity index (χ4n) is 2.22. The van der Waals surface area contributed by atoms with Crippen molar-refractivity contribution in [3.8, 4) is 0 Å². The Bertz CT molecular complexity index is 458. The summed E-state index contributed by atoms with van der Waals surface area (Å²) in [7, 11) is 0. The standard InChI is InChI=1S/C14H17NO4.ClH/c16-12(19-9-11-4-2-1-3-5-11)8-14(13(17)18)6-7-15-10-14;/h1-5,15H,6-10H2,(H,17,18);1H. The average molecular weight is 300 g/mol. The molecule has 0 spiro atoms. The van der Waals surface area contributed by atoms with E-state index in [1.54, 1.807) is 0 Å². The highest BCUT2D eigenvalue weighted by molar-refractivity contribution is 5.85. The van der Waals surface area contributed by atoms with Crippen molar-refractivity contribution in [3.63, 3.8) is 0 Å². The lowest BCUT2D eigenvalue weighted by molar-refractivity contribution is -0.157. The molecule has 1 heterocycles. The van der Waals surface area contributed by atoms with E-state index >= 15 is 0 Å². The topological polar surface area (TPSA) is 75.6 Å². The van der Waals surface area contributed by atoms with Gasteiger partial charge in [-0.25, -0.2) is 0 Å². The van der Waals surface area contributed by atoms with E-state index in [1.807, 2.05) is 30.3 Å². The number of carbonyl (C=O) groups excluding carboxylic acids is 1. The van der Waals surface area contributed by atoms with E-state index in [1.165, 1.54) is 0 Å². The Morgan fingerprint density at radius 1 is 1.30 bits per heavy atom. The lowest BCUT2D eigenvalue weighted by atomic mass is 9.84. The summed E-state index contributed by atoms with van der Waals surface area (Å²) in [6, 6.07) is 9.33. The van der Waals surface area contributed by atoms with Crippen molar-refractivity contribution < 1.29 is 19.4 Å². The Balaban J connectivity index is 0.00000200. The van der Waals surface area contributed by atoms with Crippen molar-refractivity contribution in [2.75, 3.05) is 13.1 Å². The van der Waals surface area contributed by atoms with Crippen LogP contribution in [-0.4, -0.2) is 30.1 Å². The zero-order valence-corrected chi connectivity index (χ0v) is 11.8. The number of halogens is 1. The number of carboxylic acids is 1. The predicted molar refractivity (Wildman–Crippen MR) is 75.7 cm³/mol. The molecule has 1 unspecified atom stereocenters. The number of ether oxygens (including phenoxy) is 1. The maximum atomic E-state index is 11.8. The quantitative estimate of drug-likeness (QED) is 0.808. The molecular formula is C14H18ClNO4. The first kappa shape index (κ1) is 16.5. The largest absolute Gasteiger partial charge is 0.481 e. The van der Waals surface area contributed by atoms with Gasteiger partial charge in [0.05, 0.1) is 11.8 Å². The van der Waals surface area contributed by atoms with Crippen molar-refractivity contribution >= 4 is 24.3 Å². The van der Waals surface area contributed by atoms with Crippen LogP contribution in [0.1, 0.15) is 18.4 Å². The molecule has 1 atom stereocenters. The molecule has 110 valence electrons. The number of benzene rings is 1. The van der Waals surface area contributed by atoms with E-state index in [0.29, 0.717) is 19.5 Å². The summed E-state index contributed by atoms with van der Waals surface area (Å²) in [5, 5.41) is 12.2. The number of aliphatic carboxylic acids is 1. The van der Waals surface area contributed by atoms with Gasteiger partial charge >= 0.3 is 11.9 Å². The van der Waals surface area contributed by atoms with E-state index in [0.717, 1.165) is 5.56 Å². The van der Waals surface area contributed by atoms with Crippen LogP contribution in [0.5, 0.6) is 0 Å². The molecule has 1 aliphatic heterocycles. The molecule has 1 aromatic carbocycles. The average Bonchev–Trinajstić information content (AvgIpc) is 2.87. The highest BCUT2D eigenvalue weighted by Gasteiger charge is 2.43. The summed E-state index contributed by atoms with van der Waals surface area (Å²) in [4.78, 5) is 23.1. The maximum absolute atomic E-state index is 11.8. The van der Waals surface area contributed by atoms with E-state index in [4.69, 9.17) is 4.74 Å². The molecule has 0 aromatic heterocycles. The molecule has 1 aromatic rings. The minimum Gasteiger partial charge on any atom is -0.481 e. The van der Waals surface area contributed by atoms with Gasteiger partial charge in [0.1, 0.15) is 6.61 Å². The predicted octanol–water partition coefficient (Wildman–Crippen LogP) is 1.61. The molecule has 0 saturated carbocycles. The Kier molecular flexibility index (Phi) is 5.98. The van der Waals surface area contributed by atoms with Crippen molar-refractivity contribution in [1.29, 1.82) is 0 Å². The van der Waals surface area contributed by atoms with Gasteiger partial charge < -0.3 is 15.2 Å². The van der Waals surface area contributed by atoms with Crippen LogP contribution < -0.4 is 5.32 Å². The minimum atomic E-state index is -1.01. The second kappa shape index (κ2) is 7.26. The first-order valence-electron chi connectivity index (χ1n) is 6.26. The van der Waals surface area contributed by atoms with Gasteiger partial charge in [0, 0.05) is 6.54 Å². The van der Waals surface area contributed by atoms with Crippen LogP contribution in [-0.2, 0) is 20.9 Å². The summed E-state index contributed by atoms with van der Waals surface area (Å²) in [6.07, 6.45) is 0.380. The zero-order valence-electron chi connectivity index (χ0n) is 11.0. The van der Waals surface area contributed by atoms with Crippen LogP contribution in [0.3, 0.4) is 0 Å². The van der Waals surface area contributed by atoms with E-state index in [2.05, 4.69) is 5.32 Å². The number of carbonyl (C=O) groups is 2. The molecular weight excluding hydrogens is 282 g/mol. The number of hydrogen-bond donors (Lipinski definition) is 2. The molecule has 1 fully saturated rings. The third kappa shape index (κ3) is 3.95. The first-order chi connectivity index (χ1) is 9.12. The van der Waals surface area contributed by atoms with Gasteiger partial charge in [0.15, 0.2) is 0 Å². The van der Waals surface area contributed by atoms with Crippen molar-refractivity contribution in [3.05, 3.63) is 35.9 Å². The second-order valence-corrected chi connectivity index (χ2v) is 4.84. The van der Waals surface area contributed by atoms with Gasteiger partial charge in [-0.05, 0) is 18.5 Å². The molecule has 2 N–H and O–H groups in total. The Morgan fingerprint density at radius 2 is 2.00 bits per heavy atom. The monoisotopic (exact) mass is 299 g/mol. The molecule has 1 saturated heterocycles. The van der Waals surface area contributed by atoms with Crippen LogP contribution in [0.15, 0.2) is 30.3 Å². The molecule has 1 aliphatic rings. The van der Waals surface area contributed by atoms with Gasteiger partial charge in [0.2, 0.25) is 0 Å². The lowest BCUT2D eigenvalue weighted by Gasteiger charge is -2.21. The first-order valence-corrected chi connectivity index (χ1v) is 6.26. The van der Waals surface area contributed by atoms with Gasteiger partial charge in [-0.3, -0.25) is 9.59 Å². The van der Waals surface area contributed by atoms with Crippen LogP contribution in [0.25, 0.3) is 0 Å². The molecule has 6 heteroatoms. The Hall–Kier alpha value is -1.59. The smallest absolute Gasteiger partial charge is 0.311 e.